The second-order valence-corrected chi connectivity index (χ2v) is 17.5. The summed E-state index contributed by atoms with van der Waals surface area (Å²) in [5.74, 6) is 0. The normalized spacial score (nSPS) is 24.5. The molecule has 0 saturated carbocycles. The second-order valence-electron chi connectivity index (χ2n) is 17.5. The molecule has 6 aromatic rings. The van der Waals surface area contributed by atoms with Crippen molar-refractivity contribution < 1.29 is 52.5 Å². The fraction of sp³-hybridized carbons (Fsp3) is 0.356. The van der Waals surface area contributed by atoms with Gasteiger partial charge in [0.05, 0.1) is 59.5 Å². The molecule has 0 radical (unpaired) electrons. The van der Waals surface area contributed by atoms with E-state index in [9.17, 15) is 5.11 Å². The lowest BCUT2D eigenvalue weighted by molar-refractivity contribution is -0.379. The molecular weight excluding hydrogens is 885 g/mol. The van der Waals surface area contributed by atoms with Gasteiger partial charge in [0.1, 0.15) is 48.8 Å². The Hall–Kier alpha value is -5.38. The largest absolute Gasteiger partial charge is 0.385 e. The predicted molar refractivity (Wildman–Crippen MR) is 266 cm³/mol. The lowest BCUT2D eigenvalue weighted by Gasteiger charge is -2.49. The molecule has 4 unspecified atom stereocenters. The zero-order chi connectivity index (χ0) is 48.0. The van der Waals surface area contributed by atoms with E-state index in [1.807, 2.05) is 188 Å². The summed E-state index contributed by atoms with van der Waals surface area (Å²) in [5, 5.41) is 12.7. The smallest absolute Gasteiger partial charge is 0.187 e. The molecule has 0 bridgehead atoms. The maximum Gasteiger partial charge on any atom is 0.187 e. The number of aliphatic hydroxyl groups excluding tert-OH is 1. The first kappa shape index (κ1) is 51.0. The van der Waals surface area contributed by atoms with Crippen molar-refractivity contribution >= 4 is 0 Å². The first-order valence-corrected chi connectivity index (χ1v) is 24.3. The van der Waals surface area contributed by atoms with Gasteiger partial charge in [0, 0.05) is 0 Å². The van der Waals surface area contributed by atoms with Crippen LogP contribution in [0.25, 0.3) is 0 Å². The van der Waals surface area contributed by atoms with Gasteiger partial charge in [-0.3, -0.25) is 0 Å². The quantitative estimate of drug-likeness (QED) is 0.0394. The summed E-state index contributed by atoms with van der Waals surface area (Å²) in [6, 6.07) is 59.6. The summed E-state index contributed by atoms with van der Waals surface area (Å²) < 4.78 is 67.7. The molecule has 2 fully saturated rings. The maximum absolute atomic E-state index is 12.7. The third kappa shape index (κ3) is 15.3. The van der Waals surface area contributed by atoms with E-state index < -0.39 is 61.4 Å². The number of rotatable bonds is 27. The van der Waals surface area contributed by atoms with E-state index in [4.69, 9.17) is 47.4 Å². The van der Waals surface area contributed by atoms with E-state index in [2.05, 4.69) is 6.58 Å². The number of ether oxygens (including phenoxy) is 10. The van der Waals surface area contributed by atoms with E-state index in [0.717, 1.165) is 39.8 Å². The Bertz CT molecular complexity index is 2330. The van der Waals surface area contributed by atoms with Crippen molar-refractivity contribution in [1.29, 1.82) is 0 Å². The van der Waals surface area contributed by atoms with Gasteiger partial charge < -0.3 is 52.5 Å². The highest BCUT2D eigenvalue weighted by molar-refractivity contribution is 5.18. The molecule has 8 rings (SSSR count). The van der Waals surface area contributed by atoms with Crippen LogP contribution in [0.15, 0.2) is 195 Å². The Morgan fingerprint density at radius 2 is 0.743 bits per heavy atom. The average Bonchev–Trinajstić information content (AvgIpc) is 3.41. The van der Waals surface area contributed by atoms with Crippen LogP contribution in [-0.4, -0.2) is 86.3 Å². The summed E-state index contributed by atoms with van der Waals surface area (Å²) in [4.78, 5) is 0. The number of hydrogen-bond donors (Lipinski definition) is 1. The zero-order valence-electron chi connectivity index (χ0n) is 39.7. The predicted octanol–water partition coefficient (Wildman–Crippen LogP) is 9.94. The summed E-state index contributed by atoms with van der Waals surface area (Å²) in [6.45, 7) is 6.13. The monoisotopic (exact) mass is 950 g/mol. The number of unbranched alkanes of at least 4 members (excludes halogenated alkanes) is 1. The van der Waals surface area contributed by atoms with Crippen LogP contribution in [0.5, 0.6) is 0 Å². The molecule has 1 N–H and O–H groups in total. The van der Waals surface area contributed by atoms with Crippen LogP contribution in [0.4, 0.5) is 0 Å². The fourth-order valence-electron chi connectivity index (χ4n) is 8.60. The van der Waals surface area contributed by atoms with E-state index in [0.29, 0.717) is 26.2 Å². The third-order valence-corrected chi connectivity index (χ3v) is 12.3. The lowest BCUT2D eigenvalue weighted by atomic mass is 9.96. The van der Waals surface area contributed by atoms with Crippen LogP contribution in [0.3, 0.4) is 0 Å². The third-order valence-electron chi connectivity index (χ3n) is 12.3. The van der Waals surface area contributed by atoms with Crippen molar-refractivity contribution in [3.63, 3.8) is 0 Å². The minimum Gasteiger partial charge on any atom is -0.385 e. The summed E-state index contributed by atoms with van der Waals surface area (Å²) in [6.07, 6.45) is -6.07. The Balaban J connectivity index is 1.13. The van der Waals surface area contributed by atoms with Crippen molar-refractivity contribution in [3.05, 3.63) is 228 Å². The van der Waals surface area contributed by atoms with Crippen LogP contribution < -0.4 is 0 Å². The standard InChI is InChI=1S/C59H66O11/c1-2-3-22-35-63-59-57(56(67-41-49-33-20-9-21-34-49)54(65-39-47-29-16-7-17-30-47)51(69-59)43-62-37-45-25-12-5-13-26-45)70-58-52(60)55(66-40-48-31-18-8-19-32-48)53(64-38-46-27-14-6-15-28-46)50(68-58)42-61-36-44-23-10-4-11-24-44/h2,4-21,23-34,50-60H,1,3,22,35-43H2/t50?,51?,52?,53-,54-,55+,56-,57?,58+,59-/m1/s1. The van der Waals surface area contributed by atoms with Gasteiger partial charge in [-0.25, -0.2) is 0 Å². The van der Waals surface area contributed by atoms with Gasteiger partial charge >= 0.3 is 0 Å². The van der Waals surface area contributed by atoms with Crippen LogP contribution in [0.2, 0.25) is 0 Å². The van der Waals surface area contributed by atoms with E-state index in [1.54, 1.807) is 0 Å². The Labute approximate surface area is 412 Å². The van der Waals surface area contributed by atoms with Gasteiger partial charge in [0.15, 0.2) is 12.6 Å². The van der Waals surface area contributed by atoms with Gasteiger partial charge in [-0.1, -0.05) is 188 Å². The van der Waals surface area contributed by atoms with Gasteiger partial charge in [-0.05, 0) is 46.2 Å². The highest BCUT2D eigenvalue weighted by atomic mass is 16.8. The number of allylic oxidation sites excluding steroid dienone is 1. The first-order valence-electron chi connectivity index (χ1n) is 24.3. The molecule has 0 aromatic heterocycles. The molecule has 6 aromatic carbocycles. The van der Waals surface area contributed by atoms with Crippen LogP contribution in [0.1, 0.15) is 46.2 Å². The summed E-state index contributed by atoms with van der Waals surface area (Å²) in [7, 11) is 0. The van der Waals surface area contributed by atoms with Crippen LogP contribution in [0, 0.1) is 0 Å². The SMILES string of the molecule is C=CCCCO[C@@H]1OC(COCc2ccccc2)[C@@H](OCc2ccccc2)[C@@H](OCc2ccccc2)C1O[C@@H]1OC(COCc2ccccc2)[C@@H](OCc2ccccc2)[C@@H](OCc2ccccc2)C1O. The molecular formula is C59H66O11. The number of hydrogen-bond acceptors (Lipinski definition) is 11. The minimum absolute atomic E-state index is 0.104. The minimum atomic E-state index is -1.36. The molecule has 2 saturated heterocycles. The molecule has 11 heteroatoms. The molecule has 2 heterocycles. The van der Waals surface area contributed by atoms with Crippen LogP contribution in [-0.2, 0) is 87.0 Å². The Kier molecular flexibility index (Phi) is 20.3. The highest BCUT2D eigenvalue weighted by Gasteiger charge is 2.54. The van der Waals surface area contributed by atoms with E-state index in [-0.39, 0.29) is 39.6 Å². The first-order chi connectivity index (χ1) is 34.6. The molecule has 2 aliphatic rings. The molecule has 368 valence electrons. The average molecular weight is 951 g/mol. The topological polar surface area (TPSA) is 113 Å². The van der Waals surface area contributed by atoms with Crippen molar-refractivity contribution in [3.8, 4) is 0 Å². The fourth-order valence-corrected chi connectivity index (χ4v) is 8.60. The molecule has 2 aliphatic heterocycles. The number of benzene rings is 6. The van der Waals surface area contributed by atoms with E-state index >= 15 is 0 Å². The molecule has 70 heavy (non-hydrogen) atoms. The van der Waals surface area contributed by atoms with Crippen molar-refractivity contribution in [2.75, 3.05) is 19.8 Å². The zero-order valence-corrected chi connectivity index (χ0v) is 39.7. The Morgan fingerprint density at radius 1 is 0.400 bits per heavy atom. The van der Waals surface area contributed by atoms with Crippen molar-refractivity contribution in [1.82, 2.24) is 0 Å². The van der Waals surface area contributed by atoms with Gasteiger partial charge in [0.25, 0.3) is 0 Å². The van der Waals surface area contributed by atoms with Crippen LogP contribution >= 0.6 is 0 Å². The molecule has 0 amide bonds. The molecule has 10 atom stereocenters. The molecule has 11 nitrogen and oxygen atoms in total. The maximum atomic E-state index is 12.7. The van der Waals surface area contributed by atoms with Gasteiger partial charge in [0.2, 0.25) is 0 Å². The highest BCUT2D eigenvalue weighted by Crippen LogP contribution is 2.36. The van der Waals surface area contributed by atoms with E-state index in [1.165, 1.54) is 0 Å². The van der Waals surface area contributed by atoms with Gasteiger partial charge in [-0.15, -0.1) is 6.58 Å². The molecule has 0 aliphatic carbocycles. The number of aliphatic hydroxyl groups is 1. The van der Waals surface area contributed by atoms with Gasteiger partial charge in [-0.2, -0.15) is 0 Å². The van der Waals surface area contributed by atoms with Crippen molar-refractivity contribution in [2.24, 2.45) is 0 Å². The molecule has 0 spiro atoms. The summed E-state index contributed by atoms with van der Waals surface area (Å²) >= 11 is 0. The lowest BCUT2D eigenvalue weighted by Crippen LogP contribution is -2.66. The Morgan fingerprint density at radius 3 is 1.14 bits per heavy atom. The second kappa shape index (κ2) is 27.9. The van der Waals surface area contributed by atoms with Crippen molar-refractivity contribution in [2.45, 2.75) is 114 Å². The summed E-state index contributed by atoms with van der Waals surface area (Å²) in [5.41, 5.74) is 5.84.